The van der Waals surface area contributed by atoms with Gasteiger partial charge in [-0.05, 0) is 73.1 Å². The second-order valence-electron chi connectivity index (χ2n) is 13.5. The summed E-state index contributed by atoms with van der Waals surface area (Å²) in [6.07, 6.45) is -1.39. The lowest BCUT2D eigenvalue weighted by atomic mass is 9.79. The highest BCUT2D eigenvalue weighted by Crippen LogP contribution is 2.52. The van der Waals surface area contributed by atoms with Crippen molar-refractivity contribution in [2.75, 3.05) is 11.9 Å². The van der Waals surface area contributed by atoms with E-state index in [4.69, 9.17) is 9.47 Å². The summed E-state index contributed by atoms with van der Waals surface area (Å²) in [6.45, 7) is 13.9. The first-order chi connectivity index (χ1) is 20.3. The van der Waals surface area contributed by atoms with Gasteiger partial charge in [0.05, 0.1) is 23.6 Å². The standard InChI is InChI=1S/C31H41N3O9S/c1-15-22-21(16(2)35)26(37)34(22)23(28(40)42-30(3,4)5)24(15)44-19-13-20(33(14-19)29(41)43-31(6,7)8)25(36)32-18-11-9-10-17(12-18)27(38)39/h9-12,15-16,19-22,35H,13-14H2,1-8H3,(H,32,36)(H,38,39)/t15-,16-,19+,20+,21-,22+/m1/s1. The Morgan fingerprint density at radius 2 is 1.70 bits per heavy atom. The Kier molecular flexibility index (Phi) is 9.14. The minimum atomic E-state index is -1.14. The molecule has 2 fully saturated rings. The van der Waals surface area contributed by atoms with Crippen molar-refractivity contribution in [2.45, 2.75) is 96.5 Å². The van der Waals surface area contributed by atoms with Gasteiger partial charge in [-0.25, -0.2) is 14.4 Å². The van der Waals surface area contributed by atoms with Gasteiger partial charge < -0.3 is 29.9 Å². The molecule has 3 aliphatic heterocycles. The van der Waals surface area contributed by atoms with Gasteiger partial charge in [-0.15, -0.1) is 11.8 Å². The van der Waals surface area contributed by atoms with E-state index in [-0.39, 0.29) is 47.0 Å². The molecule has 0 spiro atoms. The van der Waals surface area contributed by atoms with Crippen LogP contribution >= 0.6 is 11.8 Å². The third-order valence-corrected chi connectivity index (χ3v) is 9.06. The summed E-state index contributed by atoms with van der Waals surface area (Å²) >= 11 is 1.32. The number of aliphatic hydroxyl groups excluding tert-OH is 1. The van der Waals surface area contributed by atoms with Crippen molar-refractivity contribution in [2.24, 2.45) is 11.8 Å². The first-order valence-electron chi connectivity index (χ1n) is 14.6. The predicted octanol–water partition coefficient (Wildman–Crippen LogP) is 3.85. The number of nitrogens with zero attached hydrogens (tertiary/aromatic N) is 2. The number of β-lactam (4-membered cyclic amide) rings is 1. The van der Waals surface area contributed by atoms with Gasteiger partial charge in [0.1, 0.15) is 22.9 Å². The molecule has 240 valence electrons. The number of nitrogens with one attached hydrogen (secondary N) is 1. The Morgan fingerprint density at radius 3 is 2.27 bits per heavy atom. The number of anilines is 1. The van der Waals surface area contributed by atoms with E-state index < -0.39 is 59.2 Å². The molecule has 0 aliphatic carbocycles. The van der Waals surface area contributed by atoms with E-state index in [1.165, 1.54) is 39.8 Å². The monoisotopic (exact) mass is 631 g/mol. The van der Waals surface area contributed by atoms with Crippen molar-refractivity contribution in [3.05, 3.63) is 40.4 Å². The van der Waals surface area contributed by atoms with Crippen LogP contribution in [0.1, 0.15) is 72.2 Å². The molecule has 1 aromatic carbocycles. The summed E-state index contributed by atoms with van der Waals surface area (Å²) in [5.74, 6) is -3.63. The predicted molar refractivity (Wildman–Crippen MR) is 163 cm³/mol. The number of carbonyl (C=O) groups is 5. The lowest BCUT2D eigenvalue weighted by Crippen LogP contribution is -2.63. The maximum Gasteiger partial charge on any atom is 0.411 e. The number of amides is 3. The van der Waals surface area contributed by atoms with Crippen LogP contribution in [0, 0.1) is 11.8 Å². The van der Waals surface area contributed by atoms with Crippen molar-refractivity contribution in [1.82, 2.24) is 9.80 Å². The fourth-order valence-electron chi connectivity index (χ4n) is 5.78. The summed E-state index contributed by atoms with van der Waals surface area (Å²) in [4.78, 5) is 68.2. The minimum absolute atomic E-state index is 0.00170. The molecular weight excluding hydrogens is 590 g/mol. The number of hydrogen-bond acceptors (Lipinski definition) is 9. The molecule has 0 saturated carbocycles. The molecule has 13 heteroatoms. The maximum absolute atomic E-state index is 13.5. The van der Waals surface area contributed by atoms with Gasteiger partial charge >= 0.3 is 18.0 Å². The molecule has 4 rings (SSSR count). The van der Waals surface area contributed by atoms with E-state index in [0.29, 0.717) is 4.91 Å². The number of carboxylic acid groups (broad SMARTS) is 1. The maximum atomic E-state index is 13.5. The van der Waals surface area contributed by atoms with Crippen molar-refractivity contribution in [3.8, 4) is 0 Å². The van der Waals surface area contributed by atoms with E-state index in [1.807, 2.05) is 6.92 Å². The van der Waals surface area contributed by atoms with Gasteiger partial charge in [0.15, 0.2) is 0 Å². The second kappa shape index (κ2) is 12.1. The van der Waals surface area contributed by atoms with E-state index in [1.54, 1.807) is 54.5 Å². The van der Waals surface area contributed by atoms with Gasteiger partial charge in [-0.2, -0.15) is 0 Å². The Bertz CT molecular complexity index is 1390. The van der Waals surface area contributed by atoms with Crippen LogP contribution in [-0.2, 0) is 23.9 Å². The molecule has 3 aliphatic rings. The number of esters is 1. The summed E-state index contributed by atoms with van der Waals surface area (Å²) in [6, 6.07) is 4.43. The zero-order valence-electron chi connectivity index (χ0n) is 26.2. The molecule has 1 aromatic rings. The minimum Gasteiger partial charge on any atom is -0.478 e. The number of hydrogen-bond donors (Lipinski definition) is 3. The number of carbonyl (C=O) groups excluding carboxylic acids is 4. The first-order valence-corrected chi connectivity index (χ1v) is 15.5. The normalized spacial score (nSPS) is 25.8. The number of carboxylic acids is 1. The van der Waals surface area contributed by atoms with E-state index in [2.05, 4.69) is 5.32 Å². The summed E-state index contributed by atoms with van der Waals surface area (Å²) in [7, 11) is 0. The van der Waals surface area contributed by atoms with E-state index >= 15 is 0 Å². The third-order valence-electron chi connectivity index (χ3n) is 7.56. The SMILES string of the molecule is C[C@@H](O)[C@H]1C(=O)N2C(C(=O)OC(C)(C)C)=C(S[C@H]3C[C@@H](C(=O)Nc4cccc(C(=O)O)c4)N(C(=O)OC(C)(C)C)C3)[C@H](C)[C@@H]12. The third kappa shape index (κ3) is 6.88. The molecule has 12 nitrogen and oxygen atoms in total. The fourth-order valence-corrected chi connectivity index (χ4v) is 7.30. The Morgan fingerprint density at radius 1 is 1.07 bits per heavy atom. The zero-order valence-corrected chi connectivity index (χ0v) is 27.1. The molecule has 2 saturated heterocycles. The lowest BCUT2D eigenvalue weighted by Gasteiger charge is -2.46. The molecule has 44 heavy (non-hydrogen) atoms. The van der Waals surface area contributed by atoms with Crippen molar-refractivity contribution >= 4 is 47.3 Å². The van der Waals surface area contributed by atoms with Gasteiger partial charge in [0.2, 0.25) is 11.8 Å². The molecule has 0 aromatic heterocycles. The number of thioether (sulfide) groups is 1. The largest absolute Gasteiger partial charge is 0.478 e. The van der Waals surface area contributed by atoms with Crippen LogP contribution in [-0.4, -0.2) is 91.0 Å². The number of aromatic carboxylic acids is 1. The summed E-state index contributed by atoms with van der Waals surface area (Å²) in [5.41, 5.74) is -1.25. The topological polar surface area (TPSA) is 163 Å². The van der Waals surface area contributed by atoms with Crippen molar-refractivity contribution in [3.63, 3.8) is 0 Å². The van der Waals surface area contributed by atoms with E-state index in [0.717, 1.165) is 0 Å². The van der Waals surface area contributed by atoms with Crippen LogP contribution in [0.15, 0.2) is 34.9 Å². The number of rotatable bonds is 7. The van der Waals surface area contributed by atoms with Crippen LogP contribution in [0.25, 0.3) is 0 Å². The Balaban J connectivity index is 1.64. The summed E-state index contributed by atoms with van der Waals surface area (Å²) < 4.78 is 11.3. The molecule has 0 unspecified atom stereocenters. The van der Waals surface area contributed by atoms with Gasteiger partial charge in [-0.3, -0.25) is 14.5 Å². The quantitative estimate of drug-likeness (QED) is 0.298. The number of ether oxygens (including phenoxy) is 2. The Labute approximate surface area is 261 Å². The highest BCUT2D eigenvalue weighted by atomic mass is 32.2. The van der Waals surface area contributed by atoms with Crippen molar-refractivity contribution < 1.29 is 43.7 Å². The number of aliphatic hydroxyl groups is 1. The number of likely N-dealkylation sites (tertiary alicyclic amines) is 1. The molecule has 6 atom stereocenters. The molecule has 3 N–H and O–H groups in total. The average Bonchev–Trinajstić information content (AvgIpc) is 3.40. The first kappa shape index (κ1) is 33.3. The smallest absolute Gasteiger partial charge is 0.411 e. The van der Waals surface area contributed by atoms with Crippen LogP contribution in [0.5, 0.6) is 0 Å². The van der Waals surface area contributed by atoms with Gasteiger partial charge in [-0.1, -0.05) is 13.0 Å². The lowest BCUT2D eigenvalue weighted by molar-refractivity contribution is -0.167. The molecular formula is C31H41N3O9S. The van der Waals surface area contributed by atoms with Crippen LogP contribution in [0.4, 0.5) is 10.5 Å². The van der Waals surface area contributed by atoms with Crippen LogP contribution in [0.2, 0.25) is 0 Å². The van der Waals surface area contributed by atoms with Crippen LogP contribution in [0.3, 0.4) is 0 Å². The Hall–Kier alpha value is -3.58. The summed E-state index contributed by atoms with van der Waals surface area (Å²) in [5, 5.41) is 22.0. The molecule has 3 amide bonds. The van der Waals surface area contributed by atoms with Crippen LogP contribution < -0.4 is 5.32 Å². The van der Waals surface area contributed by atoms with E-state index in [9.17, 15) is 34.2 Å². The number of fused-ring (bicyclic) bond motifs is 1. The number of benzene rings is 1. The van der Waals surface area contributed by atoms with Crippen molar-refractivity contribution in [1.29, 1.82) is 0 Å². The molecule has 0 bridgehead atoms. The molecule has 0 radical (unpaired) electrons. The molecule has 3 heterocycles. The average molecular weight is 632 g/mol. The zero-order chi connectivity index (χ0) is 32.9. The highest BCUT2D eigenvalue weighted by molar-refractivity contribution is 8.03. The fraction of sp³-hybridized carbons (Fsp3) is 0.581. The van der Waals surface area contributed by atoms with Gasteiger partial charge in [0, 0.05) is 28.3 Å². The second-order valence-corrected chi connectivity index (χ2v) is 14.8. The highest BCUT2D eigenvalue weighted by Gasteiger charge is 2.61. The van der Waals surface area contributed by atoms with Gasteiger partial charge in [0.25, 0.3) is 0 Å².